The van der Waals surface area contributed by atoms with Crippen molar-refractivity contribution in [2.75, 3.05) is 31.1 Å². The molecule has 1 aliphatic rings. The fourth-order valence-corrected chi connectivity index (χ4v) is 5.59. The van der Waals surface area contributed by atoms with Crippen LogP contribution in [0.4, 0.5) is 15.8 Å². The second-order valence-electron chi connectivity index (χ2n) is 9.04. The molecule has 0 bridgehead atoms. The fraction of sp³-hybridized carbons (Fsp3) is 0.250. The highest BCUT2D eigenvalue weighted by Gasteiger charge is 2.24. The van der Waals surface area contributed by atoms with Gasteiger partial charge in [-0.25, -0.2) is 4.39 Å². The van der Waals surface area contributed by atoms with Crippen LogP contribution in [0.1, 0.15) is 22.8 Å². The number of rotatable bonds is 8. The van der Waals surface area contributed by atoms with E-state index < -0.39 is 4.92 Å². The number of carbonyl (C=O) groups excluding carboxylic acids is 1. The molecule has 9 nitrogen and oxygen atoms in total. The zero-order valence-electron chi connectivity index (χ0n) is 21.4. The van der Waals surface area contributed by atoms with Gasteiger partial charge in [-0.2, -0.15) is 0 Å². The van der Waals surface area contributed by atoms with Crippen LogP contribution in [0.5, 0.6) is 0 Å². The lowest BCUT2D eigenvalue weighted by atomic mass is 10.1. The van der Waals surface area contributed by atoms with E-state index in [9.17, 15) is 19.3 Å². The van der Waals surface area contributed by atoms with Gasteiger partial charge in [0.05, 0.1) is 16.2 Å². The van der Waals surface area contributed by atoms with Gasteiger partial charge in [0.1, 0.15) is 5.82 Å². The second kappa shape index (κ2) is 11.6. The normalized spacial score (nSPS) is 13.5. The number of piperazine rings is 1. The number of para-hydroxylation sites is 2. The van der Waals surface area contributed by atoms with E-state index in [1.807, 2.05) is 46.7 Å². The summed E-state index contributed by atoms with van der Waals surface area (Å²) in [6.45, 7) is 4.72. The fourth-order valence-electron chi connectivity index (χ4n) is 4.63. The Labute approximate surface area is 229 Å². The van der Waals surface area contributed by atoms with Gasteiger partial charge in [0.15, 0.2) is 11.0 Å². The number of hydrogen-bond acceptors (Lipinski definition) is 7. The molecule has 0 aliphatic carbocycles. The highest BCUT2D eigenvalue weighted by Crippen LogP contribution is 2.31. The minimum absolute atomic E-state index is 0.00921. The van der Waals surface area contributed by atoms with Crippen LogP contribution in [0, 0.1) is 15.9 Å². The number of benzene rings is 3. The average molecular weight is 547 g/mol. The summed E-state index contributed by atoms with van der Waals surface area (Å²) in [7, 11) is 0. The molecule has 0 saturated carbocycles. The number of amides is 1. The molecule has 4 aromatic rings. The van der Waals surface area contributed by atoms with Gasteiger partial charge in [-0.1, -0.05) is 48.2 Å². The molecule has 0 atom stereocenters. The topological polar surface area (TPSA) is 97.4 Å². The van der Waals surface area contributed by atoms with Crippen LogP contribution in [0.15, 0.2) is 78.0 Å². The highest BCUT2D eigenvalue weighted by molar-refractivity contribution is 7.98. The average Bonchev–Trinajstić information content (AvgIpc) is 3.39. The minimum atomic E-state index is -0.414. The highest BCUT2D eigenvalue weighted by atomic mass is 32.2. The Morgan fingerprint density at radius 2 is 1.67 bits per heavy atom. The van der Waals surface area contributed by atoms with Gasteiger partial charge >= 0.3 is 0 Å². The maximum atomic E-state index is 14.1. The van der Waals surface area contributed by atoms with E-state index in [-0.39, 0.29) is 17.4 Å². The Kier molecular flexibility index (Phi) is 7.87. The van der Waals surface area contributed by atoms with Crippen molar-refractivity contribution in [3.8, 4) is 11.4 Å². The zero-order valence-corrected chi connectivity index (χ0v) is 22.2. The lowest BCUT2D eigenvalue weighted by Crippen LogP contribution is -2.49. The number of aromatic nitrogens is 3. The summed E-state index contributed by atoms with van der Waals surface area (Å²) in [5.74, 6) is 0.774. The number of nitro benzene ring substituents is 1. The number of thioether (sulfide) groups is 1. The smallest absolute Gasteiger partial charge is 0.280 e. The van der Waals surface area contributed by atoms with E-state index in [2.05, 4.69) is 10.2 Å². The quantitative estimate of drug-likeness (QED) is 0.169. The van der Waals surface area contributed by atoms with Crippen molar-refractivity contribution in [3.05, 3.63) is 99.9 Å². The van der Waals surface area contributed by atoms with Crippen LogP contribution < -0.4 is 4.90 Å². The summed E-state index contributed by atoms with van der Waals surface area (Å²) < 4.78 is 16.0. The first-order chi connectivity index (χ1) is 19.0. The standard InChI is InChI=1S/C28H27FN6O3S/c1-2-34-26(22-7-3-5-9-24(22)35(37)38)30-31-28(34)39-19-20-11-13-21(14-12-20)27(36)33-17-15-32(16-18-33)25-10-6-4-8-23(25)29/h3-14H,2,15-19H2,1H3. The molecular formula is C28H27FN6O3S. The van der Waals surface area contributed by atoms with Gasteiger partial charge in [0.25, 0.3) is 11.6 Å². The maximum absolute atomic E-state index is 14.1. The van der Waals surface area contributed by atoms with Crippen LogP contribution in [0.2, 0.25) is 0 Å². The zero-order chi connectivity index (χ0) is 27.4. The Hall–Kier alpha value is -4.25. The van der Waals surface area contributed by atoms with Crippen LogP contribution in [-0.4, -0.2) is 56.7 Å². The van der Waals surface area contributed by atoms with E-state index in [1.165, 1.54) is 23.9 Å². The third-order valence-corrected chi connectivity index (χ3v) is 7.74. The monoisotopic (exact) mass is 546 g/mol. The molecule has 1 fully saturated rings. The Morgan fingerprint density at radius 1 is 0.974 bits per heavy atom. The van der Waals surface area contributed by atoms with Gasteiger partial charge in [-0.05, 0) is 42.8 Å². The van der Waals surface area contributed by atoms with Crippen molar-refractivity contribution in [1.29, 1.82) is 0 Å². The molecule has 0 unspecified atom stereocenters. The number of anilines is 1. The summed E-state index contributed by atoms with van der Waals surface area (Å²) in [5.41, 5.74) is 2.61. The third kappa shape index (κ3) is 5.63. The molecule has 11 heteroatoms. The van der Waals surface area contributed by atoms with E-state index in [0.717, 1.165) is 5.56 Å². The van der Waals surface area contributed by atoms with Crippen molar-refractivity contribution in [2.24, 2.45) is 0 Å². The van der Waals surface area contributed by atoms with Crippen molar-refractivity contribution in [1.82, 2.24) is 19.7 Å². The summed E-state index contributed by atoms with van der Waals surface area (Å²) in [5, 5.41) is 20.7. The Balaban J connectivity index is 1.21. The van der Waals surface area contributed by atoms with E-state index in [1.54, 1.807) is 35.2 Å². The lowest BCUT2D eigenvalue weighted by Gasteiger charge is -2.36. The molecule has 1 aliphatic heterocycles. The first kappa shape index (κ1) is 26.4. The molecule has 0 radical (unpaired) electrons. The van der Waals surface area contributed by atoms with Crippen molar-refractivity contribution < 1.29 is 14.1 Å². The molecule has 0 spiro atoms. The van der Waals surface area contributed by atoms with Gasteiger partial charge < -0.3 is 14.4 Å². The first-order valence-electron chi connectivity index (χ1n) is 12.6. The van der Waals surface area contributed by atoms with Crippen LogP contribution in [-0.2, 0) is 12.3 Å². The van der Waals surface area contributed by atoms with E-state index >= 15 is 0 Å². The van der Waals surface area contributed by atoms with Crippen LogP contribution >= 0.6 is 11.8 Å². The van der Waals surface area contributed by atoms with Gasteiger partial charge in [-0.15, -0.1) is 10.2 Å². The maximum Gasteiger partial charge on any atom is 0.280 e. The minimum Gasteiger partial charge on any atom is -0.366 e. The van der Waals surface area contributed by atoms with Crippen LogP contribution in [0.3, 0.4) is 0 Å². The van der Waals surface area contributed by atoms with Crippen molar-refractivity contribution in [3.63, 3.8) is 0 Å². The second-order valence-corrected chi connectivity index (χ2v) is 9.98. The molecule has 3 aromatic carbocycles. The molecule has 1 amide bonds. The number of nitro groups is 1. The molecular weight excluding hydrogens is 519 g/mol. The number of halogens is 1. The molecule has 39 heavy (non-hydrogen) atoms. The number of hydrogen-bond donors (Lipinski definition) is 0. The first-order valence-corrected chi connectivity index (χ1v) is 13.6. The van der Waals surface area contributed by atoms with Crippen LogP contribution in [0.25, 0.3) is 11.4 Å². The SMILES string of the molecule is CCn1c(SCc2ccc(C(=O)N3CCN(c4ccccc4F)CC3)cc2)nnc1-c1ccccc1[N+](=O)[O-]. The van der Waals surface area contributed by atoms with Gasteiger partial charge in [0, 0.05) is 50.1 Å². The molecule has 2 heterocycles. The Bertz CT molecular complexity index is 1480. The lowest BCUT2D eigenvalue weighted by molar-refractivity contribution is -0.384. The predicted molar refractivity (Wildman–Crippen MR) is 148 cm³/mol. The summed E-state index contributed by atoms with van der Waals surface area (Å²) in [6.07, 6.45) is 0. The Morgan fingerprint density at radius 3 is 2.36 bits per heavy atom. The molecule has 0 N–H and O–H groups in total. The largest absolute Gasteiger partial charge is 0.366 e. The van der Waals surface area contributed by atoms with E-state index in [0.29, 0.717) is 66.3 Å². The molecule has 5 rings (SSSR count). The summed E-state index contributed by atoms with van der Waals surface area (Å²) in [6, 6.07) is 20.7. The van der Waals surface area contributed by atoms with Gasteiger partial charge in [-0.3, -0.25) is 14.9 Å². The number of nitrogens with zero attached hydrogens (tertiary/aromatic N) is 6. The van der Waals surface area contributed by atoms with E-state index in [4.69, 9.17) is 0 Å². The van der Waals surface area contributed by atoms with Gasteiger partial charge in [0.2, 0.25) is 0 Å². The molecule has 200 valence electrons. The summed E-state index contributed by atoms with van der Waals surface area (Å²) >= 11 is 1.48. The number of carbonyl (C=O) groups is 1. The summed E-state index contributed by atoms with van der Waals surface area (Å²) in [4.78, 5) is 27.9. The predicted octanol–water partition coefficient (Wildman–Crippen LogP) is 5.27. The molecule has 1 aromatic heterocycles. The van der Waals surface area contributed by atoms with Crippen molar-refractivity contribution in [2.45, 2.75) is 24.4 Å². The third-order valence-electron chi connectivity index (χ3n) is 6.70. The van der Waals surface area contributed by atoms with Crippen molar-refractivity contribution >= 4 is 29.0 Å². The molecule has 1 saturated heterocycles.